The first kappa shape index (κ1) is 12.2. The van der Waals surface area contributed by atoms with Gasteiger partial charge in [0, 0.05) is 6.04 Å². The molecule has 1 aliphatic rings. The summed E-state index contributed by atoms with van der Waals surface area (Å²) in [6.45, 7) is 4.45. The Morgan fingerprint density at radius 1 is 1.18 bits per heavy atom. The van der Waals surface area contributed by atoms with Crippen LogP contribution >= 0.6 is 0 Å². The highest BCUT2D eigenvalue weighted by atomic mass is 16.5. The third kappa shape index (κ3) is 1.89. The van der Waals surface area contributed by atoms with Crippen molar-refractivity contribution in [2.75, 3.05) is 14.2 Å². The minimum absolute atomic E-state index is 0.166. The summed E-state index contributed by atoms with van der Waals surface area (Å²) in [4.78, 5) is 0. The molecule has 0 amide bonds. The lowest BCUT2D eigenvalue weighted by atomic mass is 9.57. The summed E-state index contributed by atoms with van der Waals surface area (Å²) < 4.78 is 10.6. The lowest BCUT2D eigenvalue weighted by Crippen LogP contribution is -2.52. The molecule has 3 heteroatoms. The maximum Gasteiger partial charge on any atom is 0.160 e. The van der Waals surface area contributed by atoms with Crippen molar-refractivity contribution in [2.45, 2.75) is 32.2 Å². The minimum atomic E-state index is 0.166. The van der Waals surface area contributed by atoms with E-state index in [4.69, 9.17) is 15.2 Å². The Morgan fingerprint density at radius 3 is 2.29 bits per heavy atom. The highest BCUT2D eigenvalue weighted by molar-refractivity contribution is 5.45. The molecule has 0 aromatic heterocycles. The molecule has 2 N–H and O–H groups in total. The Labute approximate surface area is 103 Å². The molecular formula is C14H21NO2. The number of methoxy groups -OCH3 is 2. The van der Waals surface area contributed by atoms with Gasteiger partial charge in [-0.15, -0.1) is 0 Å². The quantitative estimate of drug-likeness (QED) is 0.875. The number of hydrogen-bond donors (Lipinski definition) is 1. The fraction of sp³-hybridized carbons (Fsp3) is 0.571. The van der Waals surface area contributed by atoms with Gasteiger partial charge in [-0.3, -0.25) is 0 Å². The van der Waals surface area contributed by atoms with E-state index in [9.17, 15) is 0 Å². The van der Waals surface area contributed by atoms with Crippen molar-refractivity contribution < 1.29 is 9.47 Å². The second-order valence-corrected chi connectivity index (χ2v) is 5.33. The number of nitrogens with two attached hydrogens (primary N) is 1. The van der Waals surface area contributed by atoms with Crippen molar-refractivity contribution in [1.82, 2.24) is 0 Å². The van der Waals surface area contributed by atoms with E-state index in [0.717, 1.165) is 17.9 Å². The molecule has 17 heavy (non-hydrogen) atoms. The van der Waals surface area contributed by atoms with Gasteiger partial charge >= 0.3 is 0 Å². The van der Waals surface area contributed by atoms with Gasteiger partial charge in [0.25, 0.3) is 0 Å². The zero-order chi connectivity index (χ0) is 12.6. The Kier molecular flexibility index (Phi) is 3.04. The van der Waals surface area contributed by atoms with Gasteiger partial charge in [0.15, 0.2) is 11.5 Å². The first-order valence-corrected chi connectivity index (χ1v) is 5.98. The zero-order valence-electron chi connectivity index (χ0n) is 11.0. The van der Waals surface area contributed by atoms with Crippen molar-refractivity contribution in [2.24, 2.45) is 11.1 Å². The summed E-state index contributed by atoms with van der Waals surface area (Å²) in [6, 6.07) is 6.44. The van der Waals surface area contributed by atoms with E-state index < -0.39 is 0 Å². The van der Waals surface area contributed by atoms with Crippen LogP contribution in [0.5, 0.6) is 11.5 Å². The standard InChI is InChI=1S/C14H21NO2/c1-14(2)10(8-13(14)15)9-5-6-11(16-3)12(7-9)17-4/h5-7,10,13H,8,15H2,1-4H3. The van der Waals surface area contributed by atoms with E-state index in [2.05, 4.69) is 26.0 Å². The van der Waals surface area contributed by atoms with Crippen LogP contribution in [0.2, 0.25) is 0 Å². The highest BCUT2D eigenvalue weighted by Gasteiger charge is 2.46. The maximum absolute atomic E-state index is 6.05. The summed E-state index contributed by atoms with van der Waals surface area (Å²) in [5.41, 5.74) is 7.51. The predicted octanol–water partition coefficient (Wildman–Crippen LogP) is 2.54. The van der Waals surface area contributed by atoms with Crippen LogP contribution in [0.4, 0.5) is 0 Å². The fourth-order valence-electron chi connectivity index (χ4n) is 2.59. The summed E-state index contributed by atoms with van der Waals surface area (Å²) in [5, 5.41) is 0. The molecule has 0 heterocycles. The smallest absolute Gasteiger partial charge is 0.160 e. The monoisotopic (exact) mass is 235 g/mol. The van der Waals surface area contributed by atoms with Crippen molar-refractivity contribution in [1.29, 1.82) is 0 Å². The molecule has 3 nitrogen and oxygen atoms in total. The Balaban J connectivity index is 2.29. The summed E-state index contributed by atoms with van der Waals surface area (Å²) >= 11 is 0. The molecule has 2 rings (SSSR count). The molecule has 0 spiro atoms. The predicted molar refractivity (Wildman–Crippen MR) is 68.7 cm³/mol. The van der Waals surface area contributed by atoms with Crippen molar-refractivity contribution in [3.63, 3.8) is 0 Å². The average molecular weight is 235 g/mol. The summed E-state index contributed by atoms with van der Waals surface area (Å²) in [6.07, 6.45) is 1.04. The van der Waals surface area contributed by atoms with Gasteiger partial charge in [-0.1, -0.05) is 19.9 Å². The first-order valence-electron chi connectivity index (χ1n) is 5.98. The van der Waals surface area contributed by atoms with Gasteiger partial charge in [0.05, 0.1) is 14.2 Å². The van der Waals surface area contributed by atoms with Crippen LogP contribution in [-0.2, 0) is 0 Å². The van der Waals surface area contributed by atoms with E-state index in [-0.39, 0.29) is 5.41 Å². The molecule has 1 aromatic rings. The molecule has 0 aliphatic heterocycles. The lowest BCUT2D eigenvalue weighted by Gasteiger charge is -2.50. The second kappa shape index (κ2) is 4.22. The van der Waals surface area contributed by atoms with Crippen LogP contribution < -0.4 is 15.2 Å². The van der Waals surface area contributed by atoms with E-state index in [0.29, 0.717) is 12.0 Å². The molecule has 0 saturated heterocycles. The molecule has 1 fully saturated rings. The SMILES string of the molecule is COc1ccc(C2CC(N)C2(C)C)cc1OC. The van der Waals surface area contributed by atoms with E-state index in [1.165, 1.54) is 5.56 Å². The normalized spacial score (nSPS) is 26.2. The topological polar surface area (TPSA) is 44.5 Å². The lowest BCUT2D eigenvalue weighted by molar-refractivity contribution is 0.0982. The Bertz CT molecular complexity index is 415. The number of ether oxygens (including phenoxy) is 2. The number of rotatable bonds is 3. The molecule has 0 radical (unpaired) electrons. The largest absolute Gasteiger partial charge is 0.493 e. The molecule has 1 aromatic carbocycles. The van der Waals surface area contributed by atoms with Crippen LogP contribution in [0.1, 0.15) is 31.7 Å². The van der Waals surface area contributed by atoms with E-state index in [1.807, 2.05) is 6.07 Å². The molecule has 1 aliphatic carbocycles. The van der Waals surface area contributed by atoms with Gasteiger partial charge in [0.1, 0.15) is 0 Å². The third-order valence-electron chi connectivity index (χ3n) is 4.15. The van der Waals surface area contributed by atoms with Gasteiger partial charge in [0.2, 0.25) is 0 Å². The molecule has 2 unspecified atom stereocenters. The van der Waals surface area contributed by atoms with Crippen LogP contribution in [0.25, 0.3) is 0 Å². The number of benzene rings is 1. The van der Waals surface area contributed by atoms with Crippen LogP contribution in [0.15, 0.2) is 18.2 Å². The molecule has 2 atom stereocenters. The first-order chi connectivity index (χ1) is 8.00. The van der Waals surface area contributed by atoms with Crippen molar-refractivity contribution >= 4 is 0 Å². The van der Waals surface area contributed by atoms with Gasteiger partial charge in [-0.25, -0.2) is 0 Å². The van der Waals surface area contributed by atoms with Crippen LogP contribution in [-0.4, -0.2) is 20.3 Å². The molecular weight excluding hydrogens is 214 g/mol. The second-order valence-electron chi connectivity index (χ2n) is 5.33. The fourth-order valence-corrected chi connectivity index (χ4v) is 2.59. The Morgan fingerprint density at radius 2 is 1.82 bits per heavy atom. The minimum Gasteiger partial charge on any atom is -0.493 e. The van der Waals surface area contributed by atoms with Gasteiger partial charge in [-0.05, 0) is 35.4 Å². The average Bonchev–Trinajstić information content (AvgIpc) is 2.35. The molecule has 0 bridgehead atoms. The maximum atomic E-state index is 6.05. The summed E-state index contributed by atoms with van der Waals surface area (Å²) in [7, 11) is 3.32. The van der Waals surface area contributed by atoms with Crippen LogP contribution in [0, 0.1) is 5.41 Å². The molecule has 94 valence electrons. The van der Waals surface area contributed by atoms with Gasteiger partial charge < -0.3 is 15.2 Å². The Hall–Kier alpha value is -1.22. The zero-order valence-corrected chi connectivity index (χ0v) is 11.0. The third-order valence-corrected chi connectivity index (χ3v) is 4.15. The summed E-state index contributed by atoms with van der Waals surface area (Å²) in [5.74, 6) is 2.08. The van der Waals surface area contributed by atoms with E-state index in [1.54, 1.807) is 14.2 Å². The highest BCUT2D eigenvalue weighted by Crippen LogP contribution is 2.52. The number of hydrogen-bond acceptors (Lipinski definition) is 3. The molecule has 1 saturated carbocycles. The van der Waals surface area contributed by atoms with Gasteiger partial charge in [-0.2, -0.15) is 0 Å². The van der Waals surface area contributed by atoms with Crippen molar-refractivity contribution in [3.8, 4) is 11.5 Å². The van der Waals surface area contributed by atoms with Crippen LogP contribution in [0.3, 0.4) is 0 Å². The van der Waals surface area contributed by atoms with E-state index >= 15 is 0 Å². The van der Waals surface area contributed by atoms with Crippen molar-refractivity contribution in [3.05, 3.63) is 23.8 Å².